The van der Waals surface area contributed by atoms with Crippen molar-refractivity contribution in [1.82, 2.24) is 10.2 Å². The van der Waals surface area contributed by atoms with Gasteiger partial charge in [0, 0.05) is 23.2 Å². The monoisotopic (exact) mass is 429 g/mol. The quantitative estimate of drug-likeness (QED) is 0.798. The molecule has 2 unspecified atom stereocenters. The minimum absolute atomic E-state index is 0.0718. The zero-order valence-corrected chi connectivity index (χ0v) is 19.7. The number of likely N-dealkylation sites (tertiary alicyclic amines) is 1. The smallest absolute Gasteiger partial charge is 0.271 e. The maximum atomic E-state index is 13.3. The number of hydrogen-bond donors (Lipinski definition) is 1. The molecule has 31 heavy (non-hydrogen) atoms. The second kappa shape index (κ2) is 8.17. The van der Waals surface area contributed by atoms with Gasteiger partial charge in [-0.25, -0.2) is 0 Å². The minimum Gasteiger partial charge on any atom is -0.476 e. The molecule has 0 bridgehead atoms. The van der Waals surface area contributed by atoms with Gasteiger partial charge in [0.1, 0.15) is 12.3 Å². The molecule has 1 saturated heterocycles. The van der Waals surface area contributed by atoms with E-state index < -0.39 is 11.1 Å². The van der Waals surface area contributed by atoms with Crippen molar-refractivity contribution in [2.24, 2.45) is 0 Å². The van der Waals surface area contributed by atoms with Gasteiger partial charge in [0.25, 0.3) is 11.8 Å². The Bertz CT molecular complexity index is 877. The van der Waals surface area contributed by atoms with Gasteiger partial charge < -0.3 is 15.0 Å². The van der Waals surface area contributed by atoms with Crippen LogP contribution in [0.1, 0.15) is 78.1 Å². The van der Waals surface area contributed by atoms with Crippen molar-refractivity contribution in [3.8, 4) is 5.75 Å². The predicted molar refractivity (Wildman–Crippen MR) is 120 cm³/mol. The first-order chi connectivity index (χ1) is 14.3. The number of rotatable bonds is 3. The molecule has 2 heterocycles. The molecular weight excluding hydrogens is 394 g/mol. The first kappa shape index (κ1) is 23.1. The van der Waals surface area contributed by atoms with E-state index in [1.54, 1.807) is 32.0 Å². The van der Waals surface area contributed by atoms with Crippen LogP contribution in [0.3, 0.4) is 0 Å². The molecule has 0 aliphatic carbocycles. The molecule has 7 heteroatoms. The second-order valence-corrected chi connectivity index (χ2v) is 10.3. The number of nitrogens with zero attached hydrogens (tertiary/aromatic N) is 2. The molecule has 2 aliphatic rings. The number of fused-ring (bicyclic) bond motifs is 1. The first-order valence-electron chi connectivity index (χ1n) is 11.1. The molecule has 2 aliphatic heterocycles. The zero-order chi connectivity index (χ0) is 23.1. The van der Waals surface area contributed by atoms with Gasteiger partial charge in [-0.05, 0) is 85.9 Å². The largest absolute Gasteiger partial charge is 0.476 e. The van der Waals surface area contributed by atoms with Crippen LogP contribution in [0.25, 0.3) is 0 Å². The summed E-state index contributed by atoms with van der Waals surface area (Å²) in [4.78, 5) is 42.6. The molecular formula is C24H35N3O4. The van der Waals surface area contributed by atoms with E-state index in [2.05, 4.69) is 19.2 Å². The minimum atomic E-state index is -1.10. The number of carbonyl (C=O) groups is 3. The number of amides is 3. The molecule has 0 spiro atoms. The molecule has 1 aromatic rings. The molecule has 7 nitrogen and oxygen atoms in total. The second-order valence-electron chi connectivity index (χ2n) is 10.3. The van der Waals surface area contributed by atoms with Crippen molar-refractivity contribution in [2.75, 3.05) is 11.4 Å². The van der Waals surface area contributed by atoms with Crippen LogP contribution < -0.4 is 15.0 Å². The van der Waals surface area contributed by atoms with Crippen molar-refractivity contribution >= 4 is 23.4 Å². The summed E-state index contributed by atoms with van der Waals surface area (Å²) in [6, 6.07) is 5.30. The van der Waals surface area contributed by atoms with Gasteiger partial charge >= 0.3 is 0 Å². The highest BCUT2D eigenvalue weighted by Crippen LogP contribution is 2.38. The van der Waals surface area contributed by atoms with Gasteiger partial charge in [0.2, 0.25) is 5.91 Å². The van der Waals surface area contributed by atoms with E-state index in [1.807, 2.05) is 25.7 Å². The topological polar surface area (TPSA) is 79.0 Å². The normalized spacial score (nSPS) is 23.1. The summed E-state index contributed by atoms with van der Waals surface area (Å²) in [7, 11) is 0. The average Bonchev–Trinajstić information content (AvgIpc) is 2.63. The molecule has 170 valence electrons. The van der Waals surface area contributed by atoms with Gasteiger partial charge in [-0.3, -0.25) is 19.3 Å². The van der Waals surface area contributed by atoms with Crippen LogP contribution in [0.15, 0.2) is 18.2 Å². The molecule has 1 N–H and O–H groups in total. The van der Waals surface area contributed by atoms with Crippen LogP contribution in [-0.2, 0) is 9.59 Å². The Balaban J connectivity index is 1.94. The van der Waals surface area contributed by atoms with Crippen molar-refractivity contribution in [3.63, 3.8) is 0 Å². The standard InChI is InChI=1S/C24H35N3O4/c1-15-9-8-10-16(2)27(15)20(28)14-26-18-13-17(21(29)25-23(3,4)5)11-12-19(18)31-24(6,7)22(26)30/h11-13,15-16H,8-10,14H2,1-7H3,(H,25,29). The van der Waals surface area contributed by atoms with E-state index in [9.17, 15) is 14.4 Å². The van der Waals surface area contributed by atoms with Crippen molar-refractivity contribution in [3.05, 3.63) is 23.8 Å². The zero-order valence-electron chi connectivity index (χ0n) is 19.7. The lowest BCUT2D eigenvalue weighted by molar-refractivity contribution is -0.139. The number of nitrogens with one attached hydrogen (secondary N) is 1. The summed E-state index contributed by atoms with van der Waals surface area (Å²) in [5, 5.41) is 2.93. The Hall–Kier alpha value is -2.57. The average molecular weight is 430 g/mol. The Kier molecular flexibility index (Phi) is 6.09. The Labute approximate surface area is 185 Å². The van der Waals surface area contributed by atoms with E-state index in [1.165, 1.54) is 4.90 Å². The summed E-state index contributed by atoms with van der Waals surface area (Å²) in [6.45, 7) is 13.2. The molecule has 0 saturated carbocycles. The third-order valence-corrected chi connectivity index (χ3v) is 5.90. The summed E-state index contributed by atoms with van der Waals surface area (Å²) in [5.74, 6) is -0.123. The highest BCUT2D eigenvalue weighted by Gasteiger charge is 2.43. The van der Waals surface area contributed by atoms with E-state index in [-0.39, 0.29) is 36.3 Å². The maximum Gasteiger partial charge on any atom is 0.271 e. The SMILES string of the molecule is CC1CCCC(C)N1C(=O)CN1C(=O)C(C)(C)Oc2ccc(C(=O)NC(C)(C)C)cc21. The highest BCUT2D eigenvalue weighted by molar-refractivity contribution is 6.07. The fourth-order valence-corrected chi connectivity index (χ4v) is 4.41. The van der Waals surface area contributed by atoms with Crippen molar-refractivity contribution < 1.29 is 19.1 Å². The lowest BCUT2D eigenvalue weighted by atomic mass is 9.97. The Morgan fingerprint density at radius 3 is 2.35 bits per heavy atom. The molecule has 3 rings (SSSR count). The lowest BCUT2D eigenvalue weighted by Crippen LogP contribution is -2.57. The van der Waals surface area contributed by atoms with Crippen LogP contribution in [0.2, 0.25) is 0 Å². The maximum absolute atomic E-state index is 13.3. The molecule has 1 fully saturated rings. The fraction of sp³-hybridized carbons (Fsp3) is 0.625. The predicted octanol–water partition coefficient (Wildman–Crippen LogP) is 3.51. The molecule has 0 aromatic heterocycles. The molecule has 1 aromatic carbocycles. The Morgan fingerprint density at radius 2 is 1.77 bits per heavy atom. The first-order valence-corrected chi connectivity index (χ1v) is 11.1. The van der Waals surface area contributed by atoms with Crippen molar-refractivity contribution in [2.45, 2.75) is 91.0 Å². The van der Waals surface area contributed by atoms with Crippen LogP contribution in [0.4, 0.5) is 5.69 Å². The van der Waals surface area contributed by atoms with E-state index in [0.29, 0.717) is 17.0 Å². The summed E-state index contributed by atoms with van der Waals surface area (Å²) in [6.07, 6.45) is 3.03. The van der Waals surface area contributed by atoms with E-state index in [4.69, 9.17) is 4.74 Å². The van der Waals surface area contributed by atoms with E-state index in [0.717, 1.165) is 19.3 Å². The van der Waals surface area contributed by atoms with Gasteiger partial charge in [-0.15, -0.1) is 0 Å². The van der Waals surface area contributed by atoms with Gasteiger partial charge in [0.15, 0.2) is 5.60 Å². The van der Waals surface area contributed by atoms with Gasteiger partial charge in [-0.2, -0.15) is 0 Å². The fourth-order valence-electron chi connectivity index (χ4n) is 4.41. The number of ether oxygens (including phenoxy) is 1. The van der Waals surface area contributed by atoms with E-state index >= 15 is 0 Å². The van der Waals surface area contributed by atoms with Gasteiger partial charge in [-0.1, -0.05) is 0 Å². The van der Waals surface area contributed by atoms with Crippen molar-refractivity contribution in [1.29, 1.82) is 0 Å². The lowest BCUT2D eigenvalue weighted by Gasteiger charge is -2.42. The van der Waals surface area contributed by atoms with Gasteiger partial charge in [0.05, 0.1) is 5.69 Å². The third-order valence-electron chi connectivity index (χ3n) is 5.90. The summed E-state index contributed by atoms with van der Waals surface area (Å²) >= 11 is 0. The summed E-state index contributed by atoms with van der Waals surface area (Å²) in [5.41, 5.74) is -0.613. The molecule has 2 atom stereocenters. The number of hydrogen-bond acceptors (Lipinski definition) is 4. The highest BCUT2D eigenvalue weighted by atomic mass is 16.5. The van der Waals surface area contributed by atoms with Crippen LogP contribution >= 0.6 is 0 Å². The number of benzene rings is 1. The molecule has 0 radical (unpaired) electrons. The third kappa shape index (κ3) is 4.86. The van der Waals surface area contributed by atoms with Crippen LogP contribution in [-0.4, -0.2) is 52.4 Å². The van der Waals surface area contributed by atoms with Crippen LogP contribution in [0.5, 0.6) is 5.75 Å². The number of piperidine rings is 1. The number of anilines is 1. The Morgan fingerprint density at radius 1 is 1.16 bits per heavy atom. The summed E-state index contributed by atoms with van der Waals surface area (Å²) < 4.78 is 5.92. The number of carbonyl (C=O) groups excluding carboxylic acids is 3. The molecule has 3 amide bonds. The van der Waals surface area contributed by atoms with Crippen LogP contribution in [0, 0.1) is 0 Å².